The van der Waals surface area contributed by atoms with Gasteiger partial charge >= 0.3 is 0 Å². The average Bonchev–Trinajstić information content (AvgIpc) is 2.83. The molecular weight excluding hydrogens is 204 g/mol. The van der Waals surface area contributed by atoms with Crippen molar-refractivity contribution in [1.29, 1.82) is 0 Å². The number of aromatic nitrogens is 2. The van der Waals surface area contributed by atoms with E-state index in [-0.39, 0.29) is 5.78 Å². The van der Waals surface area contributed by atoms with Crippen molar-refractivity contribution < 1.29 is 9.53 Å². The van der Waals surface area contributed by atoms with Crippen LogP contribution in [-0.2, 0) is 6.42 Å². The molecule has 0 radical (unpaired) electrons. The molecule has 0 atom stereocenters. The standard InChI is InChI=1S/C12H12N2O2/c1-16-10-4-2-3-9(5-10)6-12(15)11-7-13-8-14-11/h2-5,7-8H,6H2,1H3,(H,13,14). The minimum Gasteiger partial charge on any atom is -0.497 e. The number of H-pyrrole nitrogens is 1. The van der Waals surface area contributed by atoms with E-state index in [4.69, 9.17) is 4.74 Å². The maximum atomic E-state index is 11.8. The van der Waals surface area contributed by atoms with Gasteiger partial charge in [0.25, 0.3) is 0 Å². The molecule has 0 unspecified atom stereocenters. The van der Waals surface area contributed by atoms with E-state index in [1.54, 1.807) is 7.11 Å². The lowest BCUT2D eigenvalue weighted by molar-refractivity contribution is 0.0988. The van der Waals surface area contributed by atoms with E-state index in [1.165, 1.54) is 12.5 Å². The topological polar surface area (TPSA) is 55.0 Å². The highest BCUT2D eigenvalue weighted by Gasteiger charge is 2.08. The Morgan fingerprint density at radius 2 is 2.38 bits per heavy atom. The number of Topliss-reactive ketones (excluding diaryl/α,β-unsaturated/α-hetero) is 1. The van der Waals surface area contributed by atoms with Crippen LogP contribution in [0.3, 0.4) is 0 Å². The van der Waals surface area contributed by atoms with Crippen molar-refractivity contribution in [1.82, 2.24) is 9.97 Å². The highest BCUT2D eigenvalue weighted by atomic mass is 16.5. The summed E-state index contributed by atoms with van der Waals surface area (Å²) in [5.74, 6) is 0.778. The van der Waals surface area contributed by atoms with Crippen LogP contribution in [0.4, 0.5) is 0 Å². The third-order valence-electron chi connectivity index (χ3n) is 2.30. The molecule has 0 aliphatic rings. The number of aromatic amines is 1. The molecule has 1 aromatic carbocycles. The second-order valence-corrected chi connectivity index (χ2v) is 3.42. The van der Waals surface area contributed by atoms with Crippen LogP contribution in [0.5, 0.6) is 5.75 Å². The smallest absolute Gasteiger partial charge is 0.184 e. The van der Waals surface area contributed by atoms with Crippen LogP contribution in [0.15, 0.2) is 36.8 Å². The summed E-state index contributed by atoms with van der Waals surface area (Å²) in [6, 6.07) is 7.48. The lowest BCUT2D eigenvalue weighted by Gasteiger charge is -2.02. The predicted molar refractivity (Wildman–Crippen MR) is 59.6 cm³/mol. The maximum Gasteiger partial charge on any atom is 0.184 e. The molecule has 1 N–H and O–H groups in total. The number of hydrogen-bond donors (Lipinski definition) is 1. The van der Waals surface area contributed by atoms with Gasteiger partial charge in [0.15, 0.2) is 5.78 Å². The molecule has 0 bridgehead atoms. The van der Waals surface area contributed by atoms with Gasteiger partial charge in [-0.25, -0.2) is 4.98 Å². The lowest BCUT2D eigenvalue weighted by Crippen LogP contribution is -2.03. The van der Waals surface area contributed by atoms with Gasteiger partial charge in [0, 0.05) is 6.42 Å². The highest BCUT2D eigenvalue weighted by molar-refractivity contribution is 5.95. The number of nitrogens with one attached hydrogen (secondary N) is 1. The molecule has 0 amide bonds. The Balaban J connectivity index is 2.12. The molecule has 4 heteroatoms. The molecule has 0 aliphatic heterocycles. The quantitative estimate of drug-likeness (QED) is 0.793. The second-order valence-electron chi connectivity index (χ2n) is 3.42. The van der Waals surface area contributed by atoms with E-state index >= 15 is 0 Å². The van der Waals surface area contributed by atoms with Crippen molar-refractivity contribution in [3.05, 3.63) is 48.0 Å². The lowest BCUT2D eigenvalue weighted by atomic mass is 10.1. The minimum absolute atomic E-state index is 0.0192. The number of hydrogen-bond acceptors (Lipinski definition) is 3. The summed E-state index contributed by atoms with van der Waals surface area (Å²) in [6.45, 7) is 0. The fourth-order valence-corrected chi connectivity index (χ4v) is 1.47. The van der Waals surface area contributed by atoms with Crippen LogP contribution >= 0.6 is 0 Å². The number of benzene rings is 1. The van der Waals surface area contributed by atoms with Crippen molar-refractivity contribution in [2.75, 3.05) is 7.11 Å². The zero-order chi connectivity index (χ0) is 11.4. The van der Waals surface area contributed by atoms with Crippen LogP contribution < -0.4 is 4.74 Å². The molecule has 0 fully saturated rings. The Hall–Kier alpha value is -2.10. The number of ketones is 1. The molecule has 16 heavy (non-hydrogen) atoms. The highest BCUT2D eigenvalue weighted by Crippen LogP contribution is 2.14. The summed E-state index contributed by atoms with van der Waals surface area (Å²) in [7, 11) is 1.61. The van der Waals surface area contributed by atoms with Crippen LogP contribution in [-0.4, -0.2) is 22.9 Å². The van der Waals surface area contributed by atoms with Crippen LogP contribution in [0, 0.1) is 0 Å². The largest absolute Gasteiger partial charge is 0.497 e. The third kappa shape index (κ3) is 2.28. The van der Waals surface area contributed by atoms with Gasteiger partial charge in [-0.1, -0.05) is 12.1 Å². The Morgan fingerprint density at radius 1 is 1.50 bits per heavy atom. The van der Waals surface area contributed by atoms with Gasteiger partial charge in [0.2, 0.25) is 0 Å². The average molecular weight is 216 g/mol. The zero-order valence-corrected chi connectivity index (χ0v) is 8.93. The summed E-state index contributed by atoms with van der Waals surface area (Å²) >= 11 is 0. The molecule has 4 nitrogen and oxygen atoms in total. The Kier molecular flexibility index (Phi) is 3.00. The first-order valence-corrected chi connectivity index (χ1v) is 4.94. The summed E-state index contributed by atoms with van der Waals surface area (Å²) in [5.41, 5.74) is 1.46. The van der Waals surface area contributed by atoms with Gasteiger partial charge in [-0.2, -0.15) is 0 Å². The first kappa shape index (κ1) is 10.4. The summed E-state index contributed by atoms with van der Waals surface area (Å²) in [5, 5.41) is 0. The number of imidazole rings is 1. The molecule has 1 aromatic heterocycles. The molecule has 0 aliphatic carbocycles. The molecule has 0 saturated carbocycles. The molecule has 2 aromatic rings. The number of methoxy groups -OCH3 is 1. The van der Waals surface area contributed by atoms with E-state index in [0.717, 1.165) is 11.3 Å². The molecular formula is C12H12N2O2. The van der Waals surface area contributed by atoms with Crippen LogP contribution in [0.25, 0.3) is 0 Å². The maximum absolute atomic E-state index is 11.8. The van der Waals surface area contributed by atoms with Gasteiger partial charge in [-0.05, 0) is 17.7 Å². The van der Waals surface area contributed by atoms with Gasteiger partial charge < -0.3 is 9.72 Å². The van der Waals surface area contributed by atoms with Gasteiger partial charge in [0.05, 0.1) is 19.6 Å². The normalized spacial score (nSPS) is 10.1. The number of nitrogens with zero attached hydrogens (tertiary/aromatic N) is 1. The fraction of sp³-hybridized carbons (Fsp3) is 0.167. The first-order chi connectivity index (χ1) is 7.79. The van der Waals surface area contributed by atoms with Crippen molar-refractivity contribution >= 4 is 5.78 Å². The van der Waals surface area contributed by atoms with E-state index in [1.807, 2.05) is 24.3 Å². The molecule has 1 heterocycles. The first-order valence-electron chi connectivity index (χ1n) is 4.94. The van der Waals surface area contributed by atoms with Crippen molar-refractivity contribution in [2.24, 2.45) is 0 Å². The zero-order valence-electron chi connectivity index (χ0n) is 8.93. The monoisotopic (exact) mass is 216 g/mol. The Bertz CT molecular complexity index is 478. The van der Waals surface area contributed by atoms with Gasteiger partial charge in [-0.15, -0.1) is 0 Å². The second kappa shape index (κ2) is 4.61. The van der Waals surface area contributed by atoms with E-state index < -0.39 is 0 Å². The van der Waals surface area contributed by atoms with Crippen molar-refractivity contribution in [2.45, 2.75) is 6.42 Å². The van der Waals surface area contributed by atoms with Crippen LogP contribution in [0.1, 0.15) is 16.1 Å². The molecule has 0 saturated heterocycles. The summed E-state index contributed by atoms with van der Waals surface area (Å²) < 4.78 is 5.10. The Morgan fingerprint density at radius 3 is 3.06 bits per heavy atom. The Labute approximate surface area is 93.3 Å². The summed E-state index contributed by atoms with van der Waals surface area (Å²) in [6.07, 6.45) is 3.38. The van der Waals surface area contributed by atoms with Gasteiger partial charge in [0.1, 0.15) is 11.4 Å². The SMILES string of the molecule is COc1cccc(CC(=O)c2cnc[nH]2)c1. The fourth-order valence-electron chi connectivity index (χ4n) is 1.47. The van der Waals surface area contributed by atoms with E-state index in [0.29, 0.717) is 12.1 Å². The van der Waals surface area contributed by atoms with E-state index in [9.17, 15) is 4.79 Å². The minimum atomic E-state index is 0.0192. The van der Waals surface area contributed by atoms with Crippen molar-refractivity contribution in [3.8, 4) is 5.75 Å². The number of carbonyl (C=O) groups excluding carboxylic acids is 1. The number of ether oxygens (including phenoxy) is 1. The summed E-state index contributed by atoms with van der Waals surface area (Å²) in [4.78, 5) is 18.4. The molecule has 0 spiro atoms. The molecule has 2 rings (SSSR count). The van der Waals surface area contributed by atoms with E-state index in [2.05, 4.69) is 9.97 Å². The third-order valence-corrected chi connectivity index (χ3v) is 2.30. The van der Waals surface area contributed by atoms with Crippen molar-refractivity contribution in [3.63, 3.8) is 0 Å². The number of rotatable bonds is 4. The predicted octanol–water partition coefficient (Wildman–Crippen LogP) is 1.84. The molecule has 82 valence electrons. The van der Waals surface area contributed by atoms with Crippen LogP contribution in [0.2, 0.25) is 0 Å². The number of carbonyl (C=O) groups is 1. The van der Waals surface area contributed by atoms with Gasteiger partial charge in [-0.3, -0.25) is 4.79 Å².